The minimum Gasteiger partial charge on any atom is -0.480 e. The number of halogens is 2. The molecule has 0 aliphatic rings. The maximum atomic E-state index is 12.3. The second-order valence-electron chi connectivity index (χ2n) is 5.27. The molecular formula is C16H16F2N2O3S. The van der Waals surface area contributed by atoms with Crippen molar-refractivity contribution in [3.63, 3.8) is 0 Å². The quantitative estimate of drug-likeness (QED) is 0.801. The highest BCUT2D eigenvalue weighted by Gasteiger charge is 2.24. The molecule has 0 saturated carbocycles. The van der Waals surface area contributed by atoms with Crippen LogP contribution in [0.1, 0.15) is 17.7 Å². The molecule has 0 fully saturated rings. The molecule has 1 aromatic heterocycles. The van der Waals surface area contributed by atoms with Gasteiger partial charge in [0.25, 0.3) is 0 Å². The van der Waals surface area contributed by atoms with Crippen LogP contribution in [0.2, 0.25) is 0 Å². The lowest BCUT2D eigenvalue weighted by atomic mass is 10.1. The first-order valence-electron chi connectivity index (χ1n) is 7.17. The van der Waals surface area contributed by atoms with Crippen LogP contribution in [0.15, 0.2) is 29.6 Å². The van der Waals surface area contributed by atoms with Gasteiger partial charge in [-0.1, -0.05) is 29.8 Å². The number of carboxylic acids is 1. The number of hydrogen-bond donors (Lipinski definition) is 2. The van der Waals surface area contributed by atoms with Gasteiger partial charge in [-0.3, -0.25) is 4.79 Å². The smallest absolute Gasteiger partial charge is 0.326 e. The van der Waals surface area contributed by atoms with Gasteiger partial charge in [0.2, 0.25) is 12.3 Å². The maximum Gasteiger partial charge on any atom is 0.326 e. The molecule has 1 heterocycles. The molecule has 0 radical (unpaired) electrons. The highest BCUT2D eigenvalue weighted by molar-refractivity contribution is 7.13. The highest BCUT2D eigenvalue weighted by Crippen LogP contribution is 2.24. The molecule has 2 rings (SSSR count). The Labute approximate surface area is 141 Å². The molecule has 8 heteroatoms. The summed E-state index contributed by atoms with van der Waals surface area (Å²) in [7, 11) is 0. The van der Waals surface area contributed by atoms with Gasteiger partial charge in [-0.25, -0.2) is 18.6 Å². The Morgan fingerprint density at radius 3 is 2.54 bits per heavy atom. The van der Waals surface area contributed by atoms with E-state index in [1.807, 2.05) is 31.2 Å². The van der Waals surface area contributed by atoms with Crippen molar-refractivity contribution in [3.8, 4) is 10.6 Å². The van der Waals surface area contributed by atoms with E-state index in [1.54, 1.807) is 5.38 Å². The number of aromatic nitrogens is 1. The van der Waals surface area contributed by atoms with E-state index < -0.39 is 30.8 Å². The van der Waals surface area contributed by atoms with E-state index in [2.05, 4.69) is 10.3 Å². The van der Waals surface area contributed by atoms with Crippen LogP contribution in [-0.4, -0.2) is 34.4 Å². The Bertz CT molecular complexity index is 716. The van der Waals surface area contributed by atoms with Gasteiger partial charge in [0, 0.05) is 17.4 Å². The van der Waals surface area contributed by atoms with Crippen LogP contribution >= 0.6 is 11.3 Å². The van der Waals surface area contributed by atoms with Crippen molar-refractivity contribution >= 4 is 23.2 Å². The predicted molar refractivity (Wildman–Crippen MR) is 86.2 cm³/mol. The van der Waals surface area contributed by atoms with Crippen LogP contribution in [0.3, 0.4) is 0 Å². The second kappa shape index (κ2) is 7.96. The third-order valence-electron chi connectivity index (χ3n) is 3.24. The number of thiazole rings is 1. The summed E-state index contributed by atoms with van der Waals surface area (Å²) in [6.07, 6.45) is -3.89. The van der Waals surface area contributed by atoms with Crippen molar-refractivity contribution in [1.82, 2.24) is 10.3 Å². The SMILES string of the molecule is Cc1ccc(-c2nc(CC(=O)NC(CC(F)F)C(=O)O)cs2)cc1. The third kappa shape index (κ3) is 5.09. The van der Waals surface area contributed by atoms with Crippen molar-refractivity contribution in [2.24, 2.45) is 0 Å². The van der Waals surface area contributed by atoms with Crippen molar-refractivity contribution in [3.05, 3.63) is 40.9 Å². The van der Waals surface area contributed by atoms with Gasteiger partial charge in [-0.15, -0.1) is 11.3 Å². The van der Waals surface area contributed by atoms with Crippen LogP contribution in [0.5, 0.6) is 0 Å². The number of nitrogens with one attached hydrogen (secondary N) is 1. The number of carbonyl (C=O) groups excluding carboxylic acids is 1. The van der Waals surface area contributed by atoms with Crippen molar-refractivity contribution in [2.75, 3.05) is 0 Å². The Hall–Kier alpha value is -2.35. The number of amides is 1. The lowest BCUT2D eigenvalue weighted by Crippen LogP contribution is -2.42. The molecule has 2 aromatic rings. The van der Waals surface area contributed by atoms with Crippen LogP contribution < -0.4 is 5.32 Å². The Morgan fingerprint density at radius 2 is 1.96 bits per heavy atom. The van der Waals surface area contributed by atoms with Crippen molar-refractivity contribution < 1.29 is 23.5 Å². The fourth-order valence-corrected chi connectivity index (χ4v) is 2.85. The fraction of sp³-hybridized carbons (Fsp3) is 0.312. The molecule has 0 bridgehead atoms. The van der Waals surface area contributed by atoms with Crippen molar-refractivity contribution in [1.29, 1.82) is 0 Å². The molecule has 0 spiro atoms. The molecule has 1 unspecified atom stereocenters. The fourth-order valence-electron chi connectivity index (χ4n) is 2.03. The summed E-state index contributed by atoms with van der Waals surface area (Å²) in [6, 6.07) is 6.13. The zero-order chi connectivity index (χ0) is 17.7. The van der Waals surface area contributed by atoms with Crippen LogP contribution in [0.4, 0.5) is 8.78 Å². The van der Waals surface area contributed by atoms with Gasteiger partial charge < -0.3 is 10.4 Å². The number of aliphatic carboxylic acids is 1. The number of hydrogen-bond acceptors (Lipinski definition) is 4. The molecule has 5 nitrogen and oxygen atoms in total. The van der Waals surface area contributed by atoms with E-state index >= 15 is 0 Å². The molecule has 2 N–H and O–H groups in total. The predicted octanol–water partition coefficient (Wildman–Crippen LogP) is 2.89. The summed E-state index contributed by atoms with van der Waals surface area (Å²) in [4.78, 5) is 27.0. The van der Waals surface area contributed by atoms with E-state index in [-0.39, 0.29) is 6.42 Å². The first-order chi connectivity index (χ1) is 11.3. The van der Waals surface area contributed by atoms with Gasteiger partial charge >= 0.3 is 5.97 Å². The van der Waals surface area contributed by atoms with E-state index in [1.165, 1.54) is 11.3 Å². The lowest BCUT2D eigenvalue weighted by molar-refractivity contribution is -0.142. The number of carbonyl (C=O) groups is 2. The monoisotopic (exact) mass is 354 g/mol. The average Bonchev–Trinajstić information content (AvgIpc) is 2.95. The number of nitrogens with zero attached hydrogens (tertiary/aromatic N) is 1. The van der Waals surface area contributed by atoms with E-state index in [0.29, 0.717) is 5.69 Å². The van der Waals surface area contributed by atoms with Crippen molar-refractivity contribution in [2.45, 2.75) is 32.2 Å². The summed E-state index contributed by atoms with van der Waals surface area (Å²) in [6.45, 7) is 1.97. The summed E-state index contributed by atoms with van der Waals surface area (Å²) in [5.74, 6) is -2.13. The molecule has 128 valence electrons. The van der Waals surface area contributed by atoms with Crippen LogP contribution in [-0.2, 0) is 16.0 Å². The van der Waals surface area contributed by atoms with Gasteiger partial charge in [-0.2, -0.15) is 0 Å². The molecule has 0 aliphatic carbocycles. The summed E-state index contributed by atoms with van der Waals surface area (Å²) in [5, 5.41) is 13.4. The van der Waals surface area contributed by atoms with Gasteiger partial charge in [0.05, 0.1) is 12.1 Å². The number of benzene rings is 1. The standard InChI is InChI=1S/C16H16F2N2O3S/c1-9-2-4-10(5-3-9)15-19-11(8-24-15)6-14(21)20-12(16(22)23)7-13(17)18/h2-5,8,12-13H,6-7H2,1H3,(H,20,21)(H,22,23). The third-order valence-corrected chi connectivity index (χ3v) is 4.18. The number of aryl methyl sites for hydroxylation is 1. The molecule has 0 saturated heterocycles. The Kier molecular flexibility index (Phi) is 5.97. The van der Waals surface area contributed by atoms with Crippen LogP contribution in [0.25, 0.3) is 10.6 Å². The zero-order valence-electron chi connectivity index (χ0n) is 12.8. The van der Waals surface area contributed by atoms with E-state index in [4.69, 9.17) is 5.11 Å². The Morgan fingerprint density at radius 1 is 1.29 bits per heavy atom. The highest BCUT2D eigenvalue weighted by atomic mass is 32.1. The van der Waals surface area contributed by atoms with E-state index in [0.717, 1.165) is 16.1 Å². The molecule has 0 aliphatic heterocycles. The lowest BCUT2D eigenvalue weighted by Gasteiger charge is -2.13. The molecule has 24 heavy (non-hydrogen) atoms. The minimum atomic E-state index is -2.81. The van der Waals surface area contributed by atoms with E-state index in [9.17, 15) is 18.4 Å². The van der Waals surface area contributed by atoms with Gasteiger partial charge in [0.1, 0.15) is 11.0 Å². The number of alkyl halides is 2. The Balaban J connectivity index is 1.99. The number of rotatable bonds is 7. The second-order valence-corrected chi connectivity index (χ2v) is 6.13. The maximum absolute atomic E-state index is 12.3. The minimum absolute atomic E-state index is 0.157. The normalized spacial score (nSPS) is 12.2. The summed E-state index contributed by atoms with van der Waals surface area (Å²) in [5.41, 5.74) is 2.50. The van der Waals surface area contributed by atoms with Crippen LogP contribution in [0, 0.1) is 6.92 Å². The molecular weight excluding hydrogens is 338 g/mol. The topological polar surface area (TPSA) is 79.3 Å². The first-order valence-corrected chi connectivity index (χ1v) is 8.05. The first kappa shape index (κ1) is 18.0. The molecule has 1 atom stereocenters. The van der Waals surface area contributed by atoms with Gasteiger partial charge in [-0.05, 0) is 6.92 Å². The largest absolute Gasteiger partial charge is 0.480 e. The molecule has 1 amide bonds. The average molecular weight is 354 g/mol. The molecule has 1 aromatic carbocycles. The number of carboxylic acid groups (broad SMARTS) is 1. The zero-order valence-corrected chi connectivity index (χ0v) is 13.6. The summed E-state index contributed by atoms with van der Waals surface area (Å²) >= 11 is 1.36. The summed E-state index contributed by atoms with van der Waals surface area (Å²) < 4.78 is 24.6. The van der Waals surface area contributed by atoms with Gasteiger partial charge in [0.15, 0.2) is 0 Å².